The Morgan fingerprint density at radius 3 is 2.40 bits per heavy atom. The van der Waals surface area contributed by atoms with Gasteiger partial charge in [0.1, 0.15) is 0 Å². The van der Waals surface area contributed by atoms with E-state index in [0.29, 0.717) is 26.2 Å². The van der Waals surface area contributed by atoms with Gasteiger partial charge in [-0.15, -0.1) is 0 Å². The SMILES string of the molecule is O=C1CC(C(=O)N2CCCC(C(=O)N3CCCCCC3)C2)CN1Cc1cccnc1. The highest BCUT2D eigenvalue weighted by Crippen LogP contribution is 2.26. The lowest BCUT2D eigenvalue weighted by Crippen LogP contribution is -2.48. The summed E-state index contributed by atoms with van der Waals surface area (Å²) in [7, 11) is 0. The van der Waals surface area contributed by atoms with E-state index in [1.54, 1.807) is 17.3 Å². The average Bonchev–Trinajstić information content (AvgIpc) is 2.97. The van der Waals surface area contributed by atoms with Crippen molar-refractivity contribution in [2.45, 2.75) is 51.5 Å². The van der Waals surface area contributed by atoms with E-state index >= 15 is 0 Å². The number of nitrogens with zero attached hydrogens (tertiary/aromatic N) is 4. The first-order valence-corrected chi connectivity index (χ1v) is 11.4. The van der Waals surface area contributed by atoms with E-state index in [1.165, 1.54) is 12.8 Å². The minimum atomic E-state index is -0.304. The molecule has 0 aromatic carbocycles. The van der Waals surface area contributed by atoms with E-state index in [9.17, 15) is 14.4 Å². The van der Waals surface area contributed by atoms with Crippen LogP contribution in [0.1, 0.15) is 50.5 Å². The molecule has 3 amide bonds. The summed E-state index contributed by atoms with van der Waals surface area (Å²) in [5.41, 5.74) is 0.972. The molecule has 4 heterocycles. The zero-order valence-electron chi connectivity index (χ0n) is 17.7. The average molecular weight is 413 g/mol. The third-order valence-corrected chi connectivity index (χ3v) is 6.66. The van der Waals surface area contributed by atoms with Gasteiger partial charge in [-0.3, -0.25) is 19.4 Å². The summed E-state index contributed by atoms with van der Waals surface area (Å²) in [6.45, 7) is 3.84. The third-order valence-electron chi connectivity index (χ3n) is 6.66. The number of rotatable bonds is 4. The molecule has 1 aromatic rings. The van der Waals surface area contributed by atoms with Gasteiger partial charge in [0.15, 0.2) is 0 Å². The number of carbonyl (C=O) groups excluding carboxylic acids is 3. The van der Waals surface area contributed by atoms with Crippen LogP contribution in [0, 0.1) is 11.8 Å². The van der Waals surface area contributed by atoms with Gasteiger partial charge in [0.25, 0.3) is 0 Å². The van der Waals surface area contributed by atoms with Crippen LogP contribution < -0.4 is 0 Å². The quantitative estimate of drug-likeness (QED) is 0.759. The predicted molar refractivity (Wildman–Crippen MR) is 112 cm³/mol. The van der Waals surface area contributed by atoms with Gasteiger partial charge in [-0.05, 0) is 37.3 Å². The van der Waals surface area contributed by atoms with Crippen LogP contribution in [0.2, 0.25) is 0 Å². The first-order chi connectivity index (χ1) is 14.6. The summed E-state index contributed by atoms with van der Waals surface area (Å²) in [5.74, 6) is -0.127. The standard InChI is InChI=1S/C23H32N4O3/c28-21-13-20(17-27(21)15-18-7-5-9-24-14-18)23(30)26-12-6-8-19(16-26)22(29)25-10-3-1-2-4-11-25/h5,7,9,14,19-20H,1-4,6,8,10-13,15-17H2. The second-order valence-electron chi connectivity index (χ2n) is 8.90. The molecule has 0 aliphatic carbocycles. The maximum absolute atomic E-state index is 13.2. The number of piperidine rings is 1. The van der Waals surface area contributed by atoms with Crippen LogP contribution >= 0.6 is 0 Å². The number of likely N-dealkylation sites (tertiary alicyclic amines) is 3. The van der Waals surface area contributed by atoms with E-state index in [2.05, 4.69) is 4.98 Å². The van der Waals surface area contributed by atoms with E-state index in [1.807, 2.05) is 21.9 Å². The van der Waals surface area contributed by atoms with Crippen molar-refractivity contribution >= 4 is 17.7 Å². The molecular weight excluding hydrogens is 380 g/mol. The predicted octanol–water partition coefficient (Wildman–Crippen LogP) is 2.07. The Labute approximate surface area is 178 Å². The summed E-state index contributed by atoms with van der Waals surface area (Å²) < 4.78 is 0. The Morgan fingerprint density at radius 2 is 1.67 bits per heavy atom. The minimum absolute atomic E-state index is 0.0198. The summed E-state index contributed by atoms with van der Waals surface area (Å²) >= 11 is 0. The molecular formula is C23H32N4O3. The number of hydrogen-bond donors (Lipinski definition) is 0. The second kappa shape index (κ2) is 9.58. The summed E-state index contributed by atoms with van der Waals surface area (Å²) in [6.07, 6.45) is 10.0. The van der Waals surface area contributed by atoms with Crippen LogP contribution in [-0.2, 0) is 20.9 Å². The van der Waals surface area contributed by atoms with Crippen LogP contribution in [0.15, 0.2) is 24.5 Å². The van der Waals surface area contributed by atoms with Gasteiger partial charge in [0.05, 0.1) is 11.8 Å². The van der Waals surface area contributed by atoms with Crippen molar-refractivity contribution in [1.82, 2.24) is 19.7 Å². The van der Waals surface area contributed by atoms with E-state index in [-0.39, 0.29) is 36.0 Å². The van der Waals surface area contributed by atoms with Crippen molar-refractivity contribution in [3.8, 4) is 0 Å². The monoisotopic (exact) mass is 412 g/mol. The third kappa shape index (κ3) is 4.82. The molecule has 2 unspecified atom stereocenters. The number of carbonyl (C=O) groups is 3. The first kappa shape index (κ1) is 20.8. The minimum Gasteiger partial charge on any atom is -0.342 e. The first-order valence-electron chi connectivity index (χ1n) is 11.4. The Balaban J connectivity index is 1.34. The van der Waals surface area contributed by atoms with Crippen LogP contribution in [0.25, 0.3) is 0 Å². The van der Waals surface area contributed by atoms with Crippen LogP contribution in [0.5, 0.6) is 0 Å². The molecule has 7 heteroatoms. The van der Waals surface area contributed by atoms with E-state index in [0.717, 1.165) is 44.3 Å². The molecule has 0 radical (unpaired) electrons. The molecule has 30 heavy (non-hydrogen) atoms. The van der Waals surface area contributed by atoms with Crippen LogP contribution in [-0.4, -0.2) is 70.1 Å². The molecule has 4 rings (SSSR count). The molecule has 3 fully saturated rings. The fraction of sp³-hybridized carbons (Fsp3) is 0.652. The molecule has 3 aliphatic heterocycles. The van der Waals surface area contributed by atoms with Gasteiger partial charge >= 0.3 is 0 Å². The Morgan fingerprint density at radius 1 is 0.933 bits per heavy atom. The smallest absolute Gasteiger partial charge is 0.228 e. The summed E-state index contributed by atoms with van der Waals surface area (Å²) in [6, 6.07) is 3.80. The van der Waals surface area contributed by atoms with Gasteiger partial charge in [-0.1, -0.05) is 18.9 Å². The van der Waals surface area contributed by atoms with Gasteiger partial charge in [-0.2, -0.15) is 0 Å². The molecule has 1 aromatic heterocycles. The Kier molecular flexibility index (Phi) is 6.65. The molecule has 7 nitrogen and oxygen atoms in total. The van der Waals surface area contributed by atoms with Crippen LogP contribution in [0.4, 0.5) is 0 Å². The molecule has 0 bridgehead atoms. The number of amides is 3. The maximum atomic E-state index is 13.2. The van der Waals surface area contributed by atoms with Crippen molar-refractivity contribution in [3.05, 3.63) is 30.1 Å². The molecule has 3 aliphatic rings. The highest BCUT2D eigenvalue weighted by molar-refractivity contribution is 5.89. The van der Waals surface area contributed by atoms with Crippen molar-refractivity contribution in [2.75, 3.05) is 32.7 Å². The summed E-state index contributed by atoms with van der Waals surface area (Å²) in [4.78, 5) is 48.3. The zero-order chi connectivity index (χ0) is 20.9. The lowest BCUT2D eigenvalue weighted by atomic mass is 9.94. The topological polar surface area (TPSA) is 73.8 Å². The normalized spacial score (nSPS) is 25.3. The van der Waals surface area contributed by atoms with Crippen molar-refractivity contribution in [2.24, 2.45) is 11.8 Å². The largest absolute Gasteiger partial charge is 0.342 e. The van der Waals surface area contributed by atoms with Gasteiger partial charge < -0.3 is 14.7 Å². The van der Waals surface area contributed by atoms with E-state index < -0.39 is 0 Å². The lowest BCUT2D eigenvalue weighted by Gasteiger charge is -2.36. The molecule has 162 valence electrons. The number of pyridine rings is 1. The molecule has 0 N–H and O–H groups in total. The molecule has 3 saturated heterocycles. The highest BCUT2D eigenvalue weighted by atomic mass is 16.2. The highest BCUT2D eigenvalue weighted by Gasteiger charge is 2.39. The van der Waals surface area contributed by atoms with Crippen molar-refractivity contribution in [3.63, 3.8) is 0 Å². The molecule has 0 spiro atoms. The number of aromatic nitrogens is 1. The Bertz CT molecular complexity index is 761. The fourth-order valence-electron chi connectivity index (χ4n) is 4.99. The summed E-state index contributed by atoms with van der Waals surface area (Å²) in [5, 5.41) is 0. The Hall–Kier alpha value is -2.44. The zero-order valence-corrected chi connectivity index (χ0v) is 17.7. The van der Waals surface area contributed by atoms with Gasteiger partial charge in [0.2, 0.25) is 17.7 Å². The molecule has 0 saturated carbocycles. The van der Waals surface area contributed by atoms with Crippen LogP contribution in [0.3, 0.4) is 0 Å². The van der Waals surface area contributed by atoms with E-state index in [4.69, 9.17) is 0 Å². The van der Waals surface area contributed by atoms with Gasteiger partial charge in [0, 0.05) is 58.1 Å². The van der Waals surface area contributed by atoms with Crippen molar-refractivity contribution in [1.29, 1.82) is 0 Å². The lowest BCUT2D eigenvalue weighted by molar-refractivity contribution is -0.143. The fourth-order valence-corrected chi connectivity index (χ4v) is 4.99. The van der Waals surface area contributed by atoms with Gasteiger partial charge in [-0.25, -0.2) is 0 Å². The number of hydrogen-bond acceptors (Lipinski definition) is 4. The second-order valence-corrected chi connectivity index (χ2v) is 8.90. The molecule has 2 atom stereocenters. The maximum Gasteiger partial charge on any atom is 0.228 e. The van der Waals surface area contributed by atoms with Crippen molar-refractivity contribution < 1.29 is 14.4 Å².